The fourth-order valence-electron chi connectivity index (χ4n) is 2.50. The molecule has 0 saturated carbocycles. The molecule has 0 atom stereocenters. The normalized spacial score (nSPS) is 11.0. The Morgan fingerprint density at radius 1 is 1.13 bits per heavy atom. The maximum absolute atomic E-state index is 14.5. The fraction of sp³-hybridized carbons (Fsp3) is 0.188. The number of pyridine rings is 1. The van der Waals surface area contributed by atoms with Crippen LogP contribution in [0.2, 0.25) is 0 Å². The minimum Gasteiger partial charge on any atom is -0.494 e. The Kier molecular flexibility index (Phi) is 3.94. The molecule has 4 nitrogen and oxygen atoms in total. The second-order valence-electron chi connectivity index (χ2n) is 5.04. The number of hydrogen-bond donors (Lipinski definition) is 1. The number of nitrogens with one attached hydrogen (secondary N) is 1. The molecule has 2 radical (unpaired) electrons. The molecule has 2 aromatic heterocycles. The first kappa shape index (κ1) is 15.3. The molecule has 3 aromatic rings. The van der Waals surface area contributed by atoms with Gasteiger partial charge in [0.25, 0.3) is 0 Å². The Morgan fingerprint density at radius 2 is 1.78 bits per heavy atom. The van der Waals surface area contributed by atoms with Crippen molar-refractivity contribution in [2.75, 3.05) is 14.2 Å². The lowest BCUT2D eigenvalue weighted by Crippen LogP contribution is -2.04. The third-order valence-electron chi connectivity index (χ3n) is 3.67. The highest BCUT2D eigenvalue weighted by Crippen LogP contribution is 2.33. The van der Waals surface area contributed by atoms with E-state index < -0.39 is 11.6 Å². The lowest BCUT2D eigenvalue weighted by atomic mass is 9.96. The molecule has 2 heterocycles. The molecule has 0 unspecified atom stereocenters. The van der Waals surface area contributed by atoms with Gasteiger partial charge < -0.3 is 14.5 Å². The van der Waals surface area contributed by atoms with Crippen LogP contribution >= 0.6 is 0 Å². The van der Waals surface area contributed by atoms with E-state index in [0.29, 0.717) is 22.1 Å². The van der Waals surface area contributed by atoms with Gasteiger partial charge in [-0.25, -0.2) is 13.8 Å². The van der Waals surface area contributed by atoms with Crippen LogP contribution in [0, 0.1) is 11.6 Å². The van der Waals surface area contributed by atoms with Crippen molar-refractivity contribution in [3.8, 4) is 11.5 Å². The number of H-pyrrole nitrogens is 1. The minimum absolute atomic E-state index is 0.0103. The highest BCUT2D eigenvalue weighted by molar-refractivity contribution is 6.32. The number of ether oxygens (including phenoxy) is 2. The van der Waals surface area contributed by atoms with Gasteiger partial charge in [-0.1, -0.05) is 11.5 Å². The highest BCUT2D eigenvalue weighted by atomic mass is 19.1. The van der Waals surface area contributed by atoms with E-state index in [9.17, 15) is 8.78 Å². The zero-order valence-corrected chi connectivity index (χ0v) is 12.6. The molecule has 0 saturated heterocycles. The van der Waals surface area contributed by atoms with Crippen LogP contribution in [0.1, 0.15) is 11.1 Å². The number of aromatic amines is 1. The molecule has 0 amide bonds. The van der Waals surface area contributed by atoms with Crippen LogP contribution in [0.3, 0.4) is 0 Å². The molecular weight excluding hydrogens is 301 g/mol. The van der Waals surface area contributed by atoms with E-state index in [1.165, 1.54) is 26.5 Å². The molecule has 0 aliphatic rings. The SMILES string of the molecule is [B]c1cnc2[nH]cc(Cc3c(F)c(OC)cc(OC)c3F)c2c1. The second kappa shape index (κ2) is 5.91. The molecule has 1 N–H and O–H groups in total. The molecule has 0 spiro atoms. The zero-order valence-electron chi connectivity index (χ0n) is 12.6. The van der Waals surface area contributed by atoms with Gasteiger partial charge in [-0.2, -0.15) is 0 Å². The van der Waals surface area contributed by atoms with Gasteiger partial charge in [-0.3, -0.25) is 0 Å². The van der Waals surface area contributed by atoms with Gasteiger partial charge in [0.1, 0.15) is 13.5 Å². The quantitative estimate of drug-likeness (QED) is 0.751. The summed E-state index contributed by atoms with van der Waals surface area (Å²) < 4.78 is 38.8. The first-order chi connectivity index (χ1) is 11.0. The summed E-state index contributed by atoms with van der Waals surface area (Å²) in [5, 5.41) is 0.714. The van der Waals surface area contributed by atoms with E-state index in [2.05, 4.69) is 9.97 Å². The van der Waals surface area contributed by atoms with Crippen molar-refractivity contribution in [1.82, 2.24) is 9.97 Å². The van der Waals surface area contributed by atoms with Gasteiger partial charge in [-0.05, 0) is 5.56 Å². The molecule has 1 aromatic carbocycles. The van der Waals surface area contributed by atoms with E-state index in [1.807, 2.05) is 0 Å². The minimum atomic E-state index is -0.753. The van der Waals surface area contributed by atoms with E-state index in [4.69, 9.17) is 17.3 Å². The van der Waals surface area contributed by atoms with Crippen molar-refractivity contribution in [2.45, 2.75) is 6.42 Å². The maximum Gasteiger partial charge on any atom is 0.171 e. The average molecular weight is 314 g/mol. The Balaban J connectivity index is 2.13. The topological polar surface area (TPSA) is 47.1 Å². The van der Waals surface area contributed by atoms with Gasteiger partial charge in [0, 0.05) is 35.8 Å². The largest absolute Gasteiger partial charge is 0.494 e. The van der Waals surface area contributed by atoms with Crippen LogP contribution in [0.4, 0.5) is 8.78 Å². The number of nitrogens with zero attached hydrogens (tertiary/aromatic N) is 1. The third-order valence-corrected chi connectivity index (χ3v) is 3.67. The van der Waals surface area contributed by atoms with Crippen LogP contribution in [0.25, 0.3) is 11.0 Å². The Labute approximate surface area is 132 Å². The third kappa shape index (κ3) is 2.63. The number of aromatic nitrogens is 2. The van der Waals surface area contributed by atoms with Crippen LogP contribution in [0.15, 0.2) is 24.5 Å². The second-order valence-corrected chi connectivity index (χ2v) is 5.04. The van der Waals surface area contributed by atoms with Gasteiger partial charge in [0.15, 0.2) is 23.1 Å². The molecule has 7 heteroatoms. The molecule has 0 aliphatic heterocycles. The Morgan fingerprint density at radius 3 is 2.39 bits per heavy atom. The van der Waals surface area contributed by atoms with Crippen LogP contribution < -0.4 is 14.9 Å². The summed E-state index contributed by atoms with van der Waals surface area (Å²) in [4.78, 5) is 7.10. The van der Waals surface area contributed by atoms with Gasteiger partial charge in [0.05, 0.1) is 14.2 Å². The van der Waals surface area contributed by atoms with Crippen molar-refractivity contribution in [3.05, 3.63) is 47.3 Å². The van der Waals surface area contributed by atoms with Crippen LogP contribution in [-0.4, -0.2) is 32.0 Å². The molecule has 0 fully saturated rings. The molecule has 116 valence electrons. The summed E-state index contributed by atoms with van der Waals surface area (Å²) in [5.74, 6) is -1.65. The van der Waals surface area contributed by atoms with Crippen LogP contribution in [-0.2, 0) is 6.42 Å². The summed E-state index contributed by atoms with van der Waals surface area (Å²) in [7, 11) is 8.36. The first-order valence-electron chi connectivity index (χ1n) is 6.85. The van der Waals surface area contributed by atoms with Crippen molar-refractivity contribution in [1.29, 1.82) is 0 Å². The van der Waals surface area contributed by atoms with E-state index >= 15 is 0 Å². The first-order valence-corrected chi connectivity index (χ1v) is 6.85. The molecule has 0 aliphatic carbocycles. The number of hydrogen-bond acceptors (Lipinski definition) is 3. The van der Waals surface area contributed by atoms with Crippen molar-refractivity contribution >= 4 is 24.3 Å². The predicted molar refractivity (Wildman–Crippen MR) is 83.7 cm³/mol. The lowest BCUT2D eigenvalue weighted by molar-refractivity contribution is 0.354. The number of halogens is 2. The van der Waals surface area contributed by atoms with Gasteiger partial charge >= 0.3 is 0 Å². The molecule has 0 bridgehead atoms. The summed E-state index contributed by atoms with van der Waals surface area (Å²) in [6.07, 6.45) is 3.18. The lowest BCUT2D eigenvalue weighted by Gasteiger charge is -2.12. The number of methoxy groups -OCH3 is 2. The van der Waals surface area contributed by atoms with Gasteiger partial charge in [0.2, 0.25) is 0 Å². The number of fused-ring (bicyclic) bond motifs is 1. The maximum atomic E-state index is 14.5. The summed E-state index contributed by atoms with van der Waals surface area (Å²) in [6, 6.07) is 2.89. The fourth-order valence-corrected chi connectivity index (χ4v) is 2.50. The summed E-state index contributed by atoms with van der Waals surface area (Å²) in [6.45, 7) is 0. The monoisotopic (exact) mass is 314 g/mol. The zero-order chi connectivity index (χ0) is 16.6. The van der Waals surface area contributed by atoms with Gasteiger partial charge in [-0.15, -0.1) is 0 Å². The van der Waals surface area contributed by atoms with Crippen LogP contribution in [0.5, 0.6) is 11.5 Å². The van der Waals surface area contributed by atoms with E-state index in [-0.39, 0.29) is 23.5 Å². The molecule has 23 heavy (non-hydrogen) atoms. The smallest absolute Gasteiger partial charge is 0.171 e. The van der Waals surface area contributed by atoms with E-state index in [0.717, 1.165) is 0 Å². The molecule has 3 rings (SSSR count). The summed E-state index contributed by atoms with van der Waals surface area (Å²) in [5.41, 5.74) is 1.62. The predicted octanol–water partition coefficient (Wildman–Crippen LogP) is 2.24. The van der Waals surface area contributed by atoms with Crippen molar-refractivity contribution < 1.29 is 18.3 Å². The Bertz CT molecular complexity index is 852. The average Bonchev–Trinajstić information content (AvgIpc) is 2.94. The van der Waals surface area contributed by atoms with E-state index in [1.54, 1.807) is 12.3 Å². The Hall–Kier alpha value is -2.57. The van der Waals surface area contributed by atoms with Crippen molar-refractivity contribution in [3.63, 3.8) is 0 Å². The standard InChI is InChI=1S/C16H13BF2N2O2/c1-22-12-5-13(23-2)15(19)11(14(12)18)3-8-6-20-16-10(8)4-9(17)7-21-16/h4-7H,3H2,1-2H3,(H,20,21). The van der Waals surface area contributed by atoms with Crippen molar-refractivity contribution in [2.24, 2.45) is 0 Å². The molecular formula is C16H13BF2N2O2. The summed E-state index contributed by atoms with van der Waals surface area (Å²) >= 11 is 0. The number of rotatable bonds is 4. The highest BCUT2D eigenvalue weighted by Gasteiger charge is 2.21. The number of benzene rings is 1.